The lowest BCUT2D eigenvalue weighted by Crippen LogP contribution is -2.48. The van der Waals surface area contributed by atoms with E-state index in [2.05, 4.69) is 33.4 Å². The summed E-state index contributed by atoms with van der Waals surface area (Å²) in [6, 6.07) is 0. The molecule has 0 aromatic heterocycles. The number of rotatable bonds is 8. The molecule has 27 heavy (non-hydrogen) atoms. The number of thiocarbonyl (C=S) groups is 2. The lowest BCUT2D eigenvalue weighted by molar-refractivity contribution is 0.183. The van der Waals surface area contributed by atoms with Gasteiger partial charge in [-0.1, -0.05) is 74.6 Å². The summed E-state index contributed by atoms with van der Waals surface area (Å²) in [6.07, 6.45) is 5.17. The third-order valence-corrected chi connectivity index (χ3v) is 8.46. The molecule has 0 amide bonds. The van der Waals surface area contributed by atoms with Crippen molar-refractivity contribution in [1.82, 2.24) is 19.6 Å². The van der Waals surface area contributed by atoms with E-state index in [9.17, 15) is 0 Å². The predicted octanol–water partition coefficient (Wildman–Crippen LogP) is 3.82. The lowest BCUT2D eigenvalue weighted by atomic mass is 10.3. The number of hydrogen-bond donors (Lipinski definition) is 0. The Kier molecular flexibility index (Phi) is 11.9. The summed E-state index contributed by atoms with van der Waals surface area (Å²) >= 11 is 14.9. The summed E-state index contributed by atoms with van der Waals surface area (Å²) < 4.78 is 2.09. The standard InChI is InChI=1S/C19H36N4S4/c1-3-5-7-20-9-13-22(14-10-20)18(24)26-17-27-19(25)23-15-11-21(12-16-23)8-6-4-2/h3-17H2,1-2H3. The fraction of sp³-hybridized carbons (Fsp3) is 0.895. The van der Waals surface area contributed by atoms with Crippen molar-refractivity contribution >= 4 is 56.6 Å². The Morgan fingerprint density at radius 2 is 1.04 bits per heavy atom. The van der Waals surface area contributed by atoms with Crippen LogP contribution in [0.1, 0.15) is 39.5 Å². The van der Waals surface area contributed by atoms with Crippen molar-refractivity contribution in [3.05, 3.63) is 0 Å². The van der Waals surface area contributed by atoms with Crippen LogP contribution in [0.25, 0.3) is 0 Å². The molecule has 2 saturated heterocycles. The van der Waals surface area contributed by atoms with Gasteiger partial charge in [-0.15, -0.1) is 0 Å². The Morgan fingerprint density at radius 3 is 1.37 bits per heavy atom. The molecule has 0 radical (unpaired) electrons. The quantitative estimate of drug-likeness (QED) is 0.405. The Bertz CT molecular complexity index is 407. The van der Waals surface area contributed by atoms with Crippen molar-refractivity contribution in [2.45, 2.75) is 39.5 Å². The fourth-order valence-corrected chi connectivity index (χ4v) is 6.39. The molecule has 2 aliphatic heterocycles. The van der Waals surface area contributed by atoms with Crippen LogP contribution in [0, 0.1) is 0 Å². The van der Waals surface area contributed by atoms with Gasteiger partial charge in [0.1, 0.15) is 8.64 Å². The summed E-state index contributed by atoms with van der Waals surface area (Å²) in [4.78, 5) is 9.88. The SMILES string of the molecule is CCCCN1CCN(C(=S)SCSC(=S)N2CCN(CCCC)CC2)CC1. The third kappa shape index (κ3) is 8.74. The molecule has 8 heteroatoms. The van der Waals surface area contributed by atoms with E-state index < -0.39 is 0 Å². The van der Waals surface area contributed by atoms with Crippen molar-refractivity contribution in [1.29, 1.82) is 0 Å². The molecule has 4 nitrogen and oxygen atoms in total. The minimum Gasteiger partial charge on any atom is -0.355 e. The molecular weight excluding hydrogens is 413 g/mol. The zero-order valence-electron chi connectivity index (χ0n) is 17.0. The summed E-state index contributed by atoms with van der Waals surface area (Å²) in [5.41, 5.74) is 0. The van der Waals surface area contributed by atoms with Crippen molar-refractivity contribution < 1.29 is 0 Å². The smallest absolute Gasteiger partial charge is 0.137 e. The molecule has 2 heterocycles. The first kappa shape index (κ1) is 23.7. The van der Waals surface area contributed by atoms with Crippen molar-refractivity contribution in [2.75, 3.05) is 70.5 Å². The maximum atomic E-state index is 5.66. The van der Waals surface area contributed by atoms with Gasteiger partial charge in [0.2, 0.25) is 0 Å². The van der Waals surface area contributed by atoms with Gasteiger partial charge in [0.05, 0.1) is 5.08 Å². The van der Waals surface area contributed by atoms with Crippen molar-refractivity contribution in [3.8, 4) is 0 Å². The highest BCUT2D eigenvalue weighted by atomic mass is 32.2. The van der Waals surface area contributed by atoms with E-state index in [1.54, 1.807) is 23.5 Å². The molecule has 0 aromatic rings. The van der Waals surface area contributed by atoms with Gasteiger partial charge in [-0.25, -0.2) is 0 Å². The number of hydrogen-bond acceptors (Lipinski definition) is 6. The number of piperazine rings is 2. The first-order valence-corrected chi connectivity index (χ1v) is 13.2. The van der Waals surface area contributed by atoms with E-state index >= 15 is 0 Å². The topological polar surface area (TPSA) is 13.0 Å². The Hall–Kier alpha value is 0.400. The molecule has 0 N–H and O–H groups in total. The van der Waals surface area contributed by atoms with Crippen LogP contribution in [0.15, 0.2) is 0 Å². The minimum absolute atomic E-state index is 0.934. The highest BCUT2D eigenvalue weighted by molar-refractivity contribution is 8.35. The molecule has 0 aliphatic carbocycles. The molecule has 2 fully saturated rings. The number of thioether (sulfide) groups is 2. The van der Waals surface area contributed by atoms with E-state index in [1.165, 1.54) is 38.8 Å². The average Bonchev–Trinajstić information content (AvgIpc) is 2.71. The van der Waals surface area contributed by atoms with Crippen molar-refractivity contribution in [3.63, 3.8) is 0 Å². The maximum Gasteiger partial charge on any atom is 0.137 e. The molecule has 0 atom stereocenters. The summed E-state index contributed by atoms with van der Waals surface area (Å²) in [5, 5.41) is 0.934. The number of nitrogens with zero attached hydrogens (tertiary/aromatic N) is 4. The second-order valence-electron chi connectivity index (χ2n) is 7.30. The highest BCUT2D eigenvalue weighted by Crippen LogP contribution is 2.21. The van der Waals surface area contributed by atoms with Gasteiger partial charge in [0.15, 0.2) is 0 Å². The van der Waals surface area contributed by atoms with E-state index in [0.717, 1.165) is 66.1 Å². The molecule has 0 unspecified atom stereocenters. The van der Waals surface area contributed by atoms with Gasteiger partial charge in [0, 0.05) is 52.4 Å². The Labute approximate surface area is 185 Å². The van der Waals surface area contributed by atoms with Crippen LogP contribution in [-0.4, -0.2) is 98.8 Å². The second-order valence-corrected chi connectivity index (χ2v) is 10.9. The van der Waals surface area contributed by atoms with Gasteiger partial charge in [-0.2, -0.15) is 0 Å². The third-order valence-electron chi connectivity index (χ3n) is 5.28. The zero-order valence-corrected chi connectivity index (χ0v) is 20.3. The number of unbranched alkanes of at least 4 members (excludes halogenated alkanes) is 2. The van der Waals surface area contributed by atoms with Crippen LogP contribution in [-0.2, 0) is 0 Å². The average molecular weight is 449 g/mol. The van der Waals surface area contributed by atoms with E-state index in [4.69, 9.17) is 24.4 Å². The Morgan fingerprint density at radius 1 is 0.667 bits per heavy atom. The summed E-state index contributed by atoms with van der Waals surface area (Å²) in [6.45, 7) is 15.9. The second kappa shape index (κ2) is 13.6. The van der Waals surface area contributed by atoms with Gasteiger partial charge >= 0.3 is 0 Å². The molecule has 0 bridgehead atoms. The minimum atomic E-state index is 0.934. The van der Waals surface area contributed by atoms with Gasteiger partial charge in [0.25, 0.3) is 0 Å². The van der Waals surface area contributed by atoms with Gasteiger partial charge < -0.3 is 9.80 Å². The van der Waals surface area contributed by atoms with E-state index in [0.29, 0.717) is 0 Å². The Balaban J connectivity index is 1.57. The predicted molar refractivity (Wildman–Crippen MR) is 131 cm³/mol. The maximum absolute atomic E-state index is 5.66. The molecule has 2 rings (SSSR count). The molecule has 156 valence electrons. The monoisotopic (exact) mass is 448 g/mol. The van der Waals surface area contributed by atoms with Crippen LogP contribution in [0.2, 0.25) is 0 Å². The van der Waals surface area contributed by atoms with Gasteiger partial charge in [-0.05, 0) is 25.9 Å². The molecule has 2 aliphatic rings. The first-order valence-electron chi connectivity index (χ1n) is 10.4. The zero-order chi connectivity index (χ0) is 19.5. The molecule has 0 spiro atoms. The van der Waals surface area contributed by atoms with Crippen LogP contribution in [0.4, 0.5) is 0 Å². The van der Waals surface area contributed by atoms with Crippen LogP contribution < -0.4 is 0 Å². The lowest BCUT2D eigenvalue weighted by Gasteiger charge is -2.36. The molecule has 0 aromatic carbocycles. The normalized spacial score (nSPS) is 19.5. The summed E-state index contributed by atoms with van der Waals surface area (Å²) in [7, 11) is 0. The molecule has 0 saturated carbocycles. The highest BCUT2D eigenvalue weighted by Gasteiger charge is 2.21. The summed E-state index contributed by atoms with van der Waals surface area (Å²) in [5.74, 6) is 0. The van der Waals surface area contributed by atoms with Crippen LogP contribution in [0.5, 0.6) is 0 Å². The van der Waals surface area contributed by atoms with Gasteiger partial charge in [-0.3, -0.25) is 9.80 Å². The van der Waals surface area contributed by atoms with E-state index in [-0.39, 0.29) is 0 Å². The molecular formula is C19H36N4S4. The van der Waals surface area contributed by atoms with Crippen LogP contribution >= 0.6 is 48.0 Å². The first-order chi connectivity index (χ1) is 13.1. The van der Waals surface area contributed by atoms with E-state index in [1.807, 2.05) is 0 Å². The largest absolute Gasteiger partial charge is 0.355 e. The van der Waals surface area contributed by atoms with Crippen molar-refractivity contribution in [2.24, 2.45) is 0 Å². The fourth-order valence-electron chi connectivity index (χ4n) is 3.38. The van der Waals surface area contributed by atoms with Crippen LogP contribution in [0.3, 0.4) is 0 Å².